The summed E-state index contributed by atoms with van der Waals surface area (Å²) in [6, 6.07) is 20.7. The molecule has 0 atom stereocenters. The van der Waals surface area contributed by atoms with Crippen molar-refractivity contribution in [3.8, 4) is 0 Å². The van der Waals surface area contributed by atoms with Crippen molar-refractivity contribution in [2.24, 2.45) is 0 Å². The van der Waals surface area contributed by atoms with E-state index in [1.807, 2.05) is 60.7 Å². The van der Waals surface area contributed by atoms with E-state index >= 15 is 0 Å². The zero-order valence-electron chi connectivity index (χ0n) is 12.2. The number of carbonyl (C=O) groups is 1. The molecule has 2 aromatic carbocycles. The molecule has 3 rings (SSSR count). The Morgan fingerprint density at radius 3 is 2.17 bits per heavy atom. The maximum Gasteiger partial charge on any atom is 0.274 e. The van der Waals surface area contributed by atoms with Crippen molar-refractivity contribution in [3.05, 3.63) is 83.1 Å². The first-order valence-electron chi connectivity index (χ1n) is 7.06. The Labute approximate surface area is 142 Å². The molecule has 0 unspecified atom stereocenters. The Balaban J connectivity index is 1.66. The van der Waals surface area contributed by atoms with Crippen LogP contribution in [0.2, 0.25) is 0 Å². The van der Waals surface area contributed by atoms with Gasteiger partial charge in [-0.3, -0.25) is 4.79 Å². The van der Waals surface area contributed by atoms with Gasteiger partial charge >= 0.3 is 0 Å². The molecule has 23 heavy (non-hydrogen) atoms. The number of rotatable bonds is 4. The van der Waals surface area contributed by atoms with Crippen LogP contribution in [0.3, 0.4) is 0 Å². The molecule has 4 nitrogen and oxygen atoms in total. The zero-order valence-corrected chi connectivity index (χ0v) is 13.7. The monoisotopic (exact) mass is 367 g/mol. The van der Waals surface area contributed by atoms with Crippen LogP contribution in [0.1, 0.15) is 10.5 Å². The van der Waals surface area contributed by atoms with E-state index in [1.165, 1.54) is 0 Å². The third kappa shape index (κ3) is 4.17. The Bertz CT molecular complexity index is 787. The summed E-state index contributed by atoms with van der Waals surface area (Å²) in [5, 5.41) is 6.04. The molecule has 114 valence electrons. The predicted octanol–water partition coefficient (Wildman–Crippen LogP) is 4.84. The molecule has 0 bridgehead atoms. The van der Waals surface area contributed by atoms with Gasteiger partial charge in [-0.25, -0.2) is 4.98 Å². The zero-order chi connectivity index (χ0) is 16.1. The van der Waals surface area contributed by atoms with E-state index in [-0.39, 0.29) is 5.91 Å². The first kappa shape index (κ1) is 15.2. The second-order valence-corrected chi connectivity index (χ2v) is 5.80. The highest BCUT2D eigenvalue weighted by Crippen LogP contribution is 2.19. The van der Waals surface area contributed by atoms with Gasteiger partial charge in [-0.1, -0.05) is 34.1 Å². The maximum absolute atomic E-state index is 12.1. The number of nitrogens with one attached hydrogen (secondary N) is 2. The number of halogens is 1. The van der Waals surface area contributed by atoms with Crippen LogP contribution in [-0.4, -0.2) is 10.9 Å². The Kier molecular flexibility index (Phi) is 4.68. The van der Waals surface area contributed by atoms with Crippen molar-refractivity contribution < 1.29 is 4.79 Å². The van der Waals surface area contributed by atoms with Gasteiger partial charge in [0.1, 0.15) is 5.69 Å². The molecule has 0 spiro atoms. The van der Waals surface area contributed by atoms with Crippen LogP contribution in [0, 0.1) is 0 Å². The molecule has 0 aliphatic rings. The van der Waals surface area contributed by atoms with Crippen molar-refractivity contribution in [3.63, 3.8) is 0 Å². The van der Waals surface area contributed by atoms with Crippen molar-refractivity contribution >= 4 is 38.9 Å². The summed E-state index contributed by atoms with van der Waals surface area (Å²) in [6.45, 7) is 0. The number of anilines is 3. The van der Waals surface area contributed by atoms with Gasteiger partial charge in [-0.05, 0) is 48.5 Å². The van der Waals surface area contributed by atoms with Gasteiger partial charge in [0.15, 0.2) is 0 Å². The fourth-order valence-corrected chi connectivity index (χ4v) is 2.28. The first-order chi connectivity index (χ1) is 11.2. The van der Waals surface area contributed by atoms with Crippen molar-refractivity contribution in [1.29, 1.82) is 0 Å². The van der Waals surface area contributed by atoms with Crippen LogP contribution in [0.5, 0.6) is 0 Å². The van der Waals surface area contributed by atoms with Crippen molar-refractivity contribution in [2.75, 3.05) is 10.6 Å². The summed E-state index contributed by atoms with van der Waals surface area (Å²) in [5.74, 6) is -0.230. The summed E-state index contributed by atoms with van der Waals surface area (Å²) >= 11 is 3.40. The number of aromatic nitrogens is 1. The Hall–Kier alpha value is -2.66. The third-order valence-corrected chi connectivity index (χ3v) is 3.69. The summed E-state index contributed by atoms with van der Waals surface area (Å²) in [5.41, 5.74) is 2.90. The average molecular weight is 368 g/mol. The van der Waals surface area contributed by atoms with Crippen LogP contribution in [0.25, 0.3) is 0 Å². The SMILES string of the molecule is O=C(Nc1ccccc1)c1ccc(Nc2ccc(Br)cc2)cn1. The molecule has 1 aromatic heterocycles. The summed E-state index contributed by atoms with van der Waals surface area (Å²) in [4.78, 5) is 16.3. The van der Waals surface area contributed by atoms with Gasteiger partial charge < -0.3 is 10.6 Å². The van der Waals surface area contributed by atoms with E-state index in [9.17, 15) is 4.79 Å². The number of para-hydroxylation sites is 1. The smallest absolute Gasteiger partial charge is 0.274 e. The molecule has 1 amide bonds. The largest absolute Gasteiger partial charge is 0.354 e. The van der Waals surface area contributed by atoms with E-state index < -0.39 is 0 Å². The number of nitrogens with zero attached hydrogens (tertiary/aromatic N) is 1. The number of pyridine rings is 1. The minimum Gasteiger partial charge on any atom is -0.354 e. The second-order valence-electron chi connectivity index (χ2n) is 4.88. The molecule has 0 saturated heterocycles. The van der Waals surface area contributed by atoms with Gasteiger partial charge in [0, 0.05) is 15.8 Å². The van der Waals surface area contributed by atoms with Crippen molar-refractivity contribution in [1.82, 2.24) is 4.98 Å². The summed E-state index contributed by atoms with van der Waals surface area (Å²) in [7, 11) is 0. The molecule has 0 radical (unpaired) electrons. The van der Waals surface area contributed by atoms with Crippen LogP contribution < -0.4 is 10.6 Å². The maximum atomic E-state index is 12.1. The fraction of sp³-hybridized carbons (Fsp3) is 0. The Morgan fingerprint density at radius 2 is 1.52 bits per heavy atom. The molecule has 0 aliphatic carbocycles. The van der Waals surface area contributed by atoms with E-state index in [1.54, 1.807) is 12.3 Å². The highest BCUT2D eigenvalue weighted by atomic mass is 79.9. The molecule has 2 N–H and O–H groups in total. The quantitative estimate of drug-likeness (QED) is 0.693. The third-order valence-electron chi connectivity index (χ3n) is 3.16. The minimum atomic E-state index is -0.230. The lowest BCUT2D eigenvalue weighted by molar-refractivity contribution is 0.102. The minimum absolute atomic E-state index is 0.230. The van der Waals surface area contributed by atoms with Gasteiger partial charge in [-0.2, -0.15) is 0 Å². The molecule has 0 aliphatic heterocycles. The number of amides is 1. The summed E-state index contributed by atoms with van der Waals surface area (Å²) < 4.78 is 1.02. The van der Waals surface area contributed by atoms with E-state index in [2.05, 4.69) is 31.5 Å². The van der Waals surface area contributed by atoms with Gasteiger partial charge in [0.25, 0.3) is 5.91 Å². The number of hydrogen-bond acceptors (Lipinski definition) is 3. The second kappa shape index (κ2) is 7.07. The van der Waals surface area contributed by atoms with E-state index in [0.29, 0.717) is 5.69 Å². The van der Waals surface area contributed by atoms with E-state index in [0.717, 1.165) is 21.5 Å². The van der Waals surface area contributed by atoms with Gasteiger partial charge in [0.2, 0.25) is 0 Å². The number of hydrogen-bond donors (Lipinski definition) is 2. The molecular weight excluding hydrogens is 354 g/mol. The van der Waals surface area contributed by atoms with Gasteiger partial charge in [-0.15, -0.1) is 0 Å². The van der Waals surface area contributed by atoms with Crippen LogP contribution in [0.4, 0.5) is 17.1 Å². The lowest BCUT2D eigenvalue weighted by atomic mass is 10.2. The highest BCUT2D eigenvalue weighted by Gasteiger charge is 2.07. The Morgan fingerprint density at radius 1 is 0.826 bits per heavy atom. The van der Waals surface area contributed by atoms with Crippen LogP contribution >= 0.6 is 15.9 Å². The lowest BCUT2D eigenvalue weighted by Crippen LogP contribution is -2.13. The molecule has 1 heterocycles. The van der Waals surface area contributed by atoms with Gasteiger partial charge in [0.05, 0.1) is 11.9 Å². The highest BCUT2D eigenvalue weighted by molar-refractivity contribution is 9.10. The van der Waals surface area contributed by atoms with Crippen LogP contribution in [0.15, 0.2) is 77.4 Å². The average Bonchev–Trinajstić information content (AvgIpc) is 2.58. The molecule has 0 saturated carbocycles. The number of benzene rings is 2. The fourth-order valence-electron chi connectivity index (χ4n) is 2.02. The standard InChI is InChI=1S/C18H14BrN3O/c19-13-6-8-15(9-7-13)21-16-10-11-17(20-12-16)18(23)22-14-4-2-1-3-5-14/h1-12,21H,(H,22,23). The van der Waals surface area contributed by atoms with E-state index in [4.69, 9.17) is 0 Å². The van der Waals surface area contributed by atoms with Crippen LogP contribution in [-0.2, 0) is 0 Å². The normalized spacial score (nSPS) is 10.1. The molecule has 0 fully saturated rings. The molecule has 5 heteroatoms. The lowest BCUT2D eigenvalue weighted by Gasteiger charge is -2.08. The predicted molar refractivity (Wildman–Crippen MR) is 96.1 cm³/mol. The summed E-state index contributed by atoms with van der Waals surface area (Å²) in [6.07, 6.45) is 1.64. The molecular formula is C18H14BrN3O. The molecule has 3 aromatic rings. The van der Waals surface area contributed by atoms with Crippen molar-refractivity contribution in [2.45, 2.75) is 0 Å². The number of carbonyl (C=O) groups excluding carboxylic acids is 1. The first-order valence-corrected chi connectivity index (χ1v) is 7.85. The topological polar surface area (TPSA) is 54.0 Å².